The van der Waals surface area contributed by atoms with Gasteiger partial charge in [0.1, 0.15) is 11.7 Å². The highest BCUT2D eigenvalue weighted by Gasteiger charge is 2.16. The van der Waals surface area contributed by atoms with E-state index in [0.717, 1.165) is 5.69 Å². The van der Waals surface area contributed by atoms with Crippen LogP contribution >= 0.6 is 0 Å². The molecule has 14 heavy (non-hydrogen) atoms. The molecule has 1 aromatic heterocycles. The van der Waals surface area contributed by atoms with E-state index in [0.29, 0.717) is 0 Å². The number of carboxylic acids is 1. The highest BCUT2D eigenvalue weighted by molar-refractivity contribution is 5.94. The summed E-state index contributed by atoms with van der Waals surface area (Å²) in [7, 11) is 0. The first-order valence-corrected chi connectivity index (χ1v) is 4.06. The highest BCUT2D eigenvalue weighted by atomic mass is 16.4. The van der Waals surface area contributed by atoms with Crippen LogP contribution in [0.15, 0.2) is 6.07 Å². The number of hydrogen-bond acceptors (Lipinski definition) is 3. The summed E-state index contributed by atoms with van der Waals surface area (Å²) in [6, 6.07) is 0.628. The van der Waals surface area contributed by atoms with Crippen molar-refractivity contribution in [1.82, 2.24) is 15.5 Å². The number of aryl methyl sites for hydroxylation is 1. The van der Waals surface area contributed by atoms with Crippen LogP contribution in [-0.4, -0.2) is 33.2 Å². The first kappa shape index (κ1) is 10.2. The third kappa shape index (κ3) is 2.32. The largest absolute Gasteiger partial charge is 0.480 e. The summed E-state index contributed by atoms with van der Waals surface area (Å²) in [4.78, 5) is 21.7. The Morgan fingerprint density at radius 1 is 1.64 bits per heavy atom. The maximum absolute atomic E-state index is 11.3. The van der Waals surface area contributed by atoms with Gasteiger partial charge in [-0.25, -0.2) is 0 Å². The van der Waals surface area contributed by atoms with Crippen LogP contribution in [0.1, 0.15) is 23.1 Å². The molecule has 76 valence electrons. The Morgan fingerprint density at radius 3 is 2.71 bits per heavy atom. The Kier molecular flexibility index (Phi) is 2.85. The number of aliphatic carboxylic acids is 1. The van der Waals surface area contributed by atoms with Crippen molar-refractivity contribution in [2.45, 2.75) is 19.9 Å². The summed E-state index contributed by atoms with van der Waals surface area (Å²) < 4.78 is 0. The van der Waals surface area contributed by atoms with Gasteiger partial charge in [0, 0.05) is 5.69 Å². The molecule has 1 amide bonds. The number of hydrogen-bond donors (Lipinski definition) is 3. The second-order valence-corrected chi connectivity index (χ2v) is 2.97. The number of carbonyl (C=O) groups is 2. The lowest BCUT2D eigenvalue weighted by atomic mass is 10.3. The molecule has 0 aliphatic heterocycles. The molecule has 1 atom stereocenters. The average molecular weight is 197 g/mol. The summed E-state index contributed by atoms with van der Waals surface area (Å²) >= 11 is 0. The minimum absolute atomic E-state index is 0.190. The molecule has 0 spiro atoms. The number of aromatic nitrogens is 2. The van der Waals surface area contributed by atoms with Crippen LogP contribution in [0.3, 0.4) is 0 Å². The van der Waals surface area contributed by atoms with Crippen LogP contribution in [0.2, 0.25) is 0 Å². The van der Waals surface area contributed by atoms with Crippen molar-refractivity contribution in [2.24, 2.45) is 0 Å². The molecule has 0 radical (unpaired) electrons. The lowest BCUT2D eigenvalue weighted by Gasteiger charge is -2.06. The Balaban J connectivity index is 2.63. The third-order valence-corrected chi connectivity index (χ3v) is 1.66. The maximum Gasteiger partial charge on any atom is 0.325 e. The van der Waals surface area contributed by atoms with E-state index in [1.165, 1.54) is 6.92 Å². The van der Waals surface area contributed by atoms with E-state index >= 15 is 0 Å². The maximum atomic E-state index is 11.3. The second-order valence-electron chi connectivity index (χ2n) is 2.97. The quantitative estimate of drug-likeness (QED) is 0.631. The lowest BCUT2D eigenvalue weighted by molar-refractivity contribution is -0.138. The monoisotopic (exact) mass is 197 g/mol. The van der Waals surface area contributed by atoms with E-state index < -0.39 is 17.9 Å². The SMILES string of the molecule is Cc1cc(C(=O)NC(C)C(=O)O)n[nH]1. The number of rotatable bonds is 3. The summed E-state index contributed by atoms with van der Waals surface area (Å²) in [5.41, 5.74) is 0.939. The molecule has 3 N–H and O–H groups in total. The smallest absolute Gasteiger partial charge is 0.325 e. The van der Waals surface area contributed by atoms with E-state index in [9.17, 15) is 9.59 Å². The summed E-state index contributed by atoms with van der Waals surface area (Å²) in [5.74, 6) is -1.57. The third-order valence-electron chi connectivity index (χ3n) is 1.66. The molecule has 0 saturated carbocycles. The van der Waals surface area contributed by atoms with Crippen molar-refractivity contribution >= 4 is 11.9 Å². The number of carbonyl (C=O) groups excluding carboxylic acids is 1. The van der Waals surface area contributed by atoms with Crippen molar-refractivity contribution in [1.29, 1.82) is 0 Å². The molecular weight excluding hydrogens is 186 g/mol. The Bertz CT molecular complexity index is 358. The Morgan fingerprint density at radius 2 is 2.29 bits per heavy atom. The summed E-state index contributed by atoms with van der Waals surface area (Å²) in [6.45, 7) is 3.14. The summed E-state index contributed by atoms with van der Waals surface area (Å²) in [6.07, 6.45) is 0. The van der Waals surface area contributed by atoms with Gasteiger partial charge in [0.05, 0.1) is 0 Å². The van der Waals surface area contributed by atoms with Gasteiger partial charge in [0.2, 0.25) is 0 Å². The van der Waals surface area contributed by atoms with E-state index in [-0.39, 0.29) is 5.69 Å². The predicted molar refractivity (Wildman–Crippen MR) is 47.9 cm³/mol. The fraction of sp³-hybridized carbons (Fsp3) is 0.375. The van der Waals surface area contributed by atoms with Gasteiger partial charge in [-0.2, -0.15) is 5.10 Å². The van der Waals surface area contributed by atoms with E-state index in [4.69, 9.17) is 5.11 Å². The molecule has 1 unspecified atom stereocenters. The van der Waals surface area contributed by atoms with Crippen molar-refractivity contribution in [2.75, 3.05) is 0 Å². The molecule has 0 bridgehead atoms. The number of carboxylic acid groups (broad SMARTS) is 1. The molecule has 0 saturated heterocycles. The molecule has 0 fully saturated rings. The molecule has 1 rings (SSSR count). The van der Waals surface area contributed by atoms with Crippen LogP contribution in [0.5, 0.6) is 0 Å². The van der Waals surface area contributed by atoms with Gasteiger partial charge < -0.3 is 10.4 Å². The standard InChI is InChI=1S/C8H11N3O3/c1-4-3-6(11-10-4)7(12)9-5(2)8(13)14/h3,5H,1-2H3,(H,9,12)(H,10,11)(H,13,14). The first-order chi connectivity index (χ1) is 6.50. The summed E-state index contributed by atoms with van der Waals surface area (Å²) in [5, 5.41) is 17.1. The normalized spacial score (nSPS) is 12.1. The number of nitrogens with zero attached hydrogens (tertiary/aromatic N) is 1. The molecule has 0 aromatic carbocycles. The van der Waals surface area contributed by atoms with Gasteiger partial charge in [0.15, 0.2) is 0 Å². The molecular formula is C8H11N3O3. The minimum Gasteiger partial charge on any atom is -0.480 e. The molecule has 0 aliphatic rings. The van der Waals surface area contributed by atoms with Gasteiger partial charge in [-0.1, -0.05) is 0 Å². The fourth-order valence-electron chi connectivity index (χ4n) is 0.867. The van der Waals surface area contributed by atoms with Crippen molar-refractivity contribution < 1.29 is 14.7 Å². The van der Waals surface area contributed by atoms with Gasteiger partial charge in [-0.05, 0) is 19.9 Å². The number of nitrogens with one attached hydrogen (secondary N) is 2. The van der Waals surface area contributed by atoms with Crippen LogP contribution < -0.4 is 5.32 Å². The average Bonchev–Trinajstić information content (AvgIpc) is 2.51. The van der Waals surface area contributed by atoms with Crippen LogP contribution in [-0.2, 0) is 4.79 Å². The van der Waals surface area contributed by atoms with Crippen LogP contribution in [0, 0.1) is 6.92 Å². The lowest BCUT2D eigenvalue weighted by Crippen LogP contribution is -2.38. The molecule has 1 aromatic rings. The number of amides is 1. The highest BCUT2D eigenvalue weighted by Crippen LogP contribution is 1.97. The second kappa shape index (κ2) is 3.91. The van der Waals surface area contributed by atoms with Crippen molar-refractivity contribution in [3.63, 3.8) is 0 Å². The number of H-pyrrole nitrogens is 1. The molecule has 6 nitrogen and oxygen atoms in total. The zero-order valence-corrected chi connectivity index (χ0v) is 7.87. The van der Waals surface area contributed by atoms with E-state index in [1.807, 2.05) is 0 Å². The Labute approximate surface area is 80.3 Å². The van der Waals surface area contributed by atoms with Gasteiger partial charge in [-0.15, -0.1) is 0 Å². The van der Waals surface area contributed by atoms with Gasteiger partial charge in [0.25, 0.3) is 5.91 Å². The van der Waals surface area contributed by atoms with Crippen LogP contribution in [0.4, 0.5) is 0 Å². The van der Waals surface area contributed by atoms with E-state index in [2.05, 4.69) is 15.5 Å². The number of aromatic amines is 1. The van der Waals surface area contributed by atoms with Crippen molar-refractivity contribution in [3.05, 3.63) is 17.5 Å². The molecule has 6 heteroatoms. The fourth-order valence-corrected chi connectivity index (χ4v) is 0.867. The topological polar surface area (TPSA) is 95.1 Å². The first-order valence-electron chi connectivity index (χ1n) is 4.06. The zero-order chi connectivity index (χ0) is 10.7. The minimum atomic E-state index is -1.08. The Hall–Kier alpha value is -1.85. The van der Waals surface area contributed by atoms with Gasteiger partial charge in [-0.3, -0.25) is 14.7 Å². The zero-order valence-electron chi connectivity index (χ0n) is 7.87. The molecule has 0 aliphatic carbocycles. The predicted octanol–water partition coefficient (Wildman–Crippen LogP) is -0.0790. The van der Waals surface area contributed by atoms with Gasteiger partial charge >= 0.3 is 5.97 Å². The van der Waals surface area contributed by atoms with Crippen LogP contribution in [0.25, 0.3) is 0 Å². The van der Waals surface area contributed by atoms with E-state index in [1.54, 1.807) is 13.0 Å². The molecule has 1 heterocycles. The van der Waals surface area contributed by atoms with Crippen molar-refractivity contribution in [3.8, 4) is 0 Å².